The van der Waals surface area contributed by atoms with Crippen LogP contribution in [0.25, 0.3) is 0 Å². The average Bonchev–Trinajstić information content (AvgIpc) is 3.17. The maximum atomic E-state index is 9.67. The van der Waals surface area contributed by atoms with E-state index in [1.54, 1.807) is 0 Å². The molecule has 1 fully saturated rings. The van der Waals surface area contributed by atoms with Crippen LogP contribution in [0.15, 0.2) is 12.4 Å². The van der Waals surface area contributed by atoms with E-state index in [1.807, 2.05) is 6.33 Å². The largest absolute Gasteiger partial charge is 0.355 e. The maximum absolute atomic E-state index is 9.67. The van der Waals surface area contributed by atoms with Gasteiger partial charge in [-0.05, 0) is 64.0 Å². The van der Waals surface area contributed by atoms with Crippen LogP contribution in [0, 0.1) is 11.3 Å². The van der Waals surface area contributed by atoms with E-state index in [0.29, 0.717) is 12.0 Å². The van der Waals surface area contributed by atoms with Crippen LogP contribution in [-0.2, 0) is 12.8 Å². The summed E-state index contributed by atoms with van der Waals surface area (Å²) in [6.45, 7) is 6.12. The van der Waals surface area contributed by atoms with E-state index in [0.717, 1.165) is 56.0 Å². The summed E-state index contributed by atoms with van der Waals surface area (Å²) >= 11 is 0. The molecule has 3 heterocycles. The Morgan fingerprint density at radius 3 is 2.88 bits per heavy atom. The molecule has 0 radical (unpaired) electrons. The van der Waals surface area contributed by atoms with E-state index in [2.05, 4.69) is 45.6 Å². The fourth-order valence-electron chi connectivity index (χ4n) is 4.27. The minimum Gasteiger partial charge on any atom is -0.355 e. The first-order valence-corrected chi connectivity index (χ1v) is 9.74. The lowest BCUT2D eigenvalue weighted by Crippen LogP contribution is -2.37. The third-order valence-electron chi connectivity index (χ3n) is 5.64. The van der Waals surface area contributed by atoms with Crippen LogP contribution in [0.5, 0.6) is 0 Å². The first kappa shape index (κ1) is 17.0. The smallest absolute Gasteiger partial charge is 0.146 e. The molecule has 1 atom stereocenters. The third-order valence-corrected chi connectivity index (χ3v) is 5.64. The van der Waals surface area contributed by atoms with Crippen molar-refractivity contribution in [1.82, 2.24) is 19.7 Å². The summed E-state index contributed by atoms with van der Waals surface area (Å²) in [4.78, 5) is 7.23. The number of aryl methyl sites for hydroxylation is 2. The van der Waals surface area contributed by atoms with Crippen LogP contribution >= 0.6 is 0 Å². The average molecular weight is 350 g/mol. The van der Waals surface area contributed by atoms with Crippen LogP contribution in [-0.4, -0.2) is 32.8 Å². The highest BCUT2D eigenvalue weighted by Gasteiger charge is 2.28. The Kier molecular flexibility index (Phi) is 4.62. The molecule has 6 heteroatoms. The number of fused-ring (bicyclic) bond motifs is 1. The topological polar surface area (TPSA) is 70.6 Å². The summed E-state index contributed by atoms with van der Waals surface area (Å²) in [5, 5.41) is 18.2. The quantitative estimate of drug-likeness (QED) is 0.848. The van der Waals surface area contributed by atoms with Gasteiger partial charge in [0.05, 0.1) is 5.56 Å². The summed E-state index contributed by atoms with van der Waals surface area (Å²) in [5.74, 6) is 2.26. The van der Waals surface area contributed by atoms with Gasteiger partial charge in [-0.2, -0.15) is 5.26 Å². The van der Waals surface area contributed by atoms with Crippen LogP contribution in [0.2, 0.25) is 0 Å². The van der Waals surface area contributed by atoms with Gasteiger partial charge in [0, 0.05) is 30.7 Å². The Morgan fingerprint density at radius 1 is 1.23 bits per heavy atom. The molecule has 2 aromatic heterocycles. The normalized spacial score (nSPS) is 20.1. The lowest BCUT2D eigenvalue weighted by Gasteiger charge is -2.34. The second-order valence-electron chi connectivity index (χ2n) is 7.76. The number of nitriles is 1. The fourth-order valence-corrected chi connectivity index (χ4v) is 4.27. The van der Waals surface area contributed by atoms with Gasteiger partial charge in [0.2, 0.25) is 0 Å². The van der Waals surface area contributed by atoms with Gasteiger partial charge in [-0.1, -0.05) is 0 Å². The molecule has 0 bridgehead atoms. The third kappa shape index (κ3) is 3.07. The lowest BCUT2D eigenvalue weighted by atomic mass is 9.93. The standard InChI is InChI=1S/C20H26N6/c1-14(2)26-13-22-24-20(26)16-7-5-9-25(12-16)19-17(11-21)10-15-6-3-4-8-18(15)23-19/h10,13-14,16H,3-9,12H2,1-2H3. The molecule has 136 valence electrons. The molecule has 0 spiro atoms. The second kappa shape index (κ2) is 7.06. The summed E-state index contributed by atoms with van der Waals surface area (Å²) in [6.07, 6.45) is 8.51. The highest BCUT2D eigenvalue weighted by molar-refractivity contribution is 5.57. The van der Waals surface area contributed by atoms with Crippen LogP contribution in [0.1, 0.15) is 74.1 Å². The van der Waals surface area contributed by atoms with Crippen LogP contribution in [0.4, 0.5) is 5.82 Å². The van der Waals surface area contributed by atoms with Gasteiger partial charge in [0.25, 0.3) is 0 Å². The molecule has 6 nitrogen and oxygen atoms in total. The molecule has 0 aromatic carbocycles. The SMILES string of the molecule is CC(C)n1cnnc1C1CCCN(c2nc3c(cc2C#N)CCCC3)C1. The van der Waals surface area contributed by atoms with Crippen molar-refractivity contribution in [2.24, 2.45) is 0 Å². The van der Waals surface area contributed by atoms with Crippen molar-refractivity contribution in [1.29, 1.82) is 5.26 Å². The lowest BCUT2D eigenvalue weighted by molar-refractivity contribution is 0.452. The monoisotopic (exact) mass is 350 g/mol. The van der Waals surface area contributed by atoms with Gasteiger partial charge >= 0.3 is 0 Å². The molecule has 0 N–H and O–H groups in total. The van der Waals surface area contributed by atoms with E-state index in [-0.39, 0.29) is 0 Å². The van der Waals surface area contributed by atoms with E-state index < -0.39 is 0 Å². The molecule has 0 saturated carbocycles. The van der Waals surface area contributed by atoms with Gasteiger partial charge in [-0.25, -0.2) is 4.98 Å². The summed E-state index contributed by atoms with van der Waals surface area (Å²) in [7, 11) is 0. The minimum absolute atomic E-state index is 0.332. The van der Waals surface area contributed by atoms with Crippen molar-refractivity contribution in [3.63, 3.8) is 0 Å². The molecular formula is C20H26N6. The molecule has 1 unspecified atom stereocenters. The molecule has 1 saturated heterocycles. The fraction of sp³-hybridized carbons (Fsp3) is 0.600. The first-order chi connectivity index (χ1) is 12.7. The number of aromatic nitrogens is 4. The zero-order valence-corrected chi connectivity index (χ0v) is 15.6. The van der Waals surface area contributed by atoms with E-state index in [9.17, 15) is 5.26 Å². The molecule has 1 aliphatic heterocycles. The molecule has 0 amide bonds. The molecule has 4 rings (SSSR count). The van der Waals surface area contributed by atoms with Crippen molar-refractivity contribution < 1.29 is 0 Å². The van der Waals surface area contributed by atoms with Crippen molar-refractivity contribution in [2.45, 2.75) is 64.3 Å². The van der Waals surface area contributed by atoms with E-state index >= 15 is 0 Å². The number of anilines is 1. The maximum Gasteiger partial charge on any atom is 0.146 e. The molecule has 1 aliphatic carbocycles. The molecule has 26 heavy (non-hydrogen) atoms. The van der Waals surface area contributed by atoms with Crippen molar-refractivity contribution in [3.05, 3.63) is 35.0 Å². The predicted octanol–water partition coefficient (Wildman–Crippen LogP) is 3.39. The molecule has 2 aliphatic rings. The van der Waals surface area contributed by atoms with Crippen molar-refractivity contribution >= 4 is 5.82 Å². The second-order valence-corrected chi connectivity index (χ2v) is 7.76. The Bertz CT molecular complexity index is 831. The summed E-state index contributed by atoms with van der Waals surface area (Å²) in [6, 6.07) is 4.82. The number of pyridine rings is 1. The Balaban J connectivity index is 1.64. The van der Waals surface area contributed by atoms with Gasteiger partial charge in [0.1, 0.15) is 24.0 Å². The molecular weight excluding hydrogens is 324 g/mol. The number of piperidine rings is 1. The number of hydrogen-bond donors (Lipinski definition) is 0. The highest BCUT2D eigenvalue weighted by atomic mass is 15.3. The Labute approximate surface area is 154 Å². The van der Waals surface area contributed by atoms with Gasteiger partial charge in [-0.15, -0.1) is 10.2 Å². The minimum atomic E-state index is 0.332. The zero-order valence-electron chi connectivity index (χ0n) is 15.6. The first-order valence-electron chi connectivity index (χ1n) is 9.74. The number of nitrogens with zero attached hydrogens (tertiary/aromatic N) is 6. The van der Waals surface area contributed by atoms with Gasteiger partial charge in [0.15, 0.2) is 0 Å². The zero-order chi connectivity index (χ0) is 18.1. The summed E-state index contributed by atoms with van der Waals surface area (Å²) < 4.78 is 2.17. The summed E-state index contributed by atoms with van der Waals surface area (Å²) in [5.41, 5.74) is 3.18. The van der Waals surface area contributed by atoms with Crippen molar-refractivity contribution in [2.75, 3.05) is 18.0 Å². The van der Waals surface area contributed by atoms with Crippen LogP contribution < -0.4 is 4.90 Å². The van der Waals surface area contributed by atoms with E-state index in [1.165, 1.54) is 24.1 Å². The Morgan fingerprint density at radius 2 is 2.08 bits per heavy atom. The Hall–Kier alpha value is -2.42. The highest BCUT2D eigenvalue weighted by Crippen LogP contribution is 2.32. The van der Waals surface area contributed by atoms with Gasteiger partial charge in [-0.3, -0.25) is 0 Å². The number of rotatable bonds is 3. The van der Waals surface area contributed by atoms with Crippen molar-refractivity contribution in [3.8, 4) is 6.07 Å². The van der Waals surface area contributed by atoms with Crippen LogP contribution in [0.3, 0.4) is 0 Å². The molecule has 2 aromatic rings. The van der Waals surface area contributed by atoms with E-state index in [4.69, 9.17) is 4.98 Å². The number of hydrogen-bond acceptors (Lipinski definition) is 5. The van der Waals surface area contributed by atoms with Gasteiger partial charge < -0.3 is 9.47 Å². The predicted molar refractivity (Wildman–Crippen MR) is 100 cm³/mol.